The number of pyridine rings is 1. The Morgan fingerprint density at radius 3 is 2.81 bits per heavy atom. The average Bonchev–Trinajstić information content (AvgIpc) is 2.33. The van der Waals surface area contributed by atoms with Gasteiger partial charge >= 0.3 is 0 Å². The van der Waals surface area contributed by atoms with E-state index in [1.165, 1.54) is 0 Å². The molecule has 2 aromatic rings. The van der Waals surface area contributed by atoms with Crippen LogP contribution in [0.3, 0.4) is 0 Å². The molecule has 2 nitrogen and oxygen atoms in total. The number of fused-ring (bicyclic) bond motifs is 1. The molecule has 0 saturated carbocycles. The van der Waals surface area contributed by atoms with Crippen molar-refractivity contribution in [2.75, 3.05) is 5.75 Å². The fourth-order valence-electron chi connectivity index (χ4n) is 1.65. The van der Waals surface area contributed by atoms with Crippen LogP contribution >= 0.6 is 12.6 Å². The largest absolute Gasteiger partial charge is 0.311 e. The molecule has 0 aliphatic carbocycles. The second kappa shape index (κ2) is 4.58. The Bertz CT molecular complexity index is 586. The van der Waals surface area contributed by atoms with Gasteiger partial charge in [-0.05, 0) is 23.1 Å². The van der Waals surface area contributed by atoms with Crippen molar-refractivity contribution >= 4 is 23.4 Å². The third kappa shape index (κ3) is 2.04. The highest BCUT2D eigenvalue weighted by atomic mass is 32.1. The van der Waals surface area contributed by atoms with Gasteiger partial charge in [0.25, 0.3) is 5.56 Å². The predicted molar refractivity (Wildman–Crippen MR) is 71.2 cm³/mol. The molecule has 0 amide bonds. The maximum Gasteiger partial charge on any atom is 0.258 e. The van der Waals surface area contributed by atoms with Crippen LogP contribution in [0, 0.1) is 0 Å². The maximum atomic E-state index is 12.1. The number of rotatable bonds is 3. The summed E-state index contributed by atoms with van der Waals surface area (Å²) in [5.74, 6) is 0.596. The van der Waals surface area contributed by atoms with E-state index < -0.39 is 0 Å². The van der Waals surface area contributed by atoms with E-state index in [1.54, 1.807) is 10.8 Å². The zero-order chi connectivity index (χ0) is 11.5. The predicted octanol–water partition coefficient (Wildman–Crippen LogP) is 2.49. The fourth-order valence-corrected chi connectivity index (χ4v) is 1.75. The maximum absolute atomic E-state index is 12.1. The molecule has 0 saturated heterocycles. The summed E-state index contributed by atoms with van der Waals surface area (Å²) in [7, 11) is 0. The summed E-state index contributed by atoms with van der Waals surface area (Å²) in [6.07, 6.45) is 1.80. The van der Waals surface area contributed by atoms with Crippen LogP contribution in [-0.4, -0.2) is 10.3 Å². The lowest BCUT2D eigenvalue weighted by atomic mass is 10.2. The minimum Gasteiger partial charge on any atom is -0.311 e. The van der Waals surface area contributed by atoms with Crippen molar-refractivity contribution in [2.24, 2.45) is 0 Å². The van der Waals surface area contributed by atoms with Crippen LogP contribution in [0.25, 0.3) is 10.8 Å². The van der Waals surface area contributed by atoms with Crippen molar-refractivity contribution in [1.82, 2.24) is 4.57 Å². The SMILES string of the molecule is C=C(CS)Cn1ccc2ccccc2c1=O. The highest BCUT2D eigenvalue weighted by molar-refractivity contribution is 7.80. The lowest BCUT2D eigenvalue weighted by Gasteiger charge is -2.07. The average molecular weight is 231 g/mol. The summed E-state index contributed by atoms with van der Waals surface area (Å²) in [6, 6.07) is 9.54. The van der Waals surface area contributed by atoms with Crippen molar-refractivity contribution < 1.29 is 0 Å². The van der Waals surface area contributed by atoms with Gasteiger partial charge in [-0.3, -0.25) is 4.79 Å². The molecule has 1 aromatic carbocycles. The first-order chi connectivity index (χ1) is 7.72. The molecule has 0 fully saturated rings. The molecule has 0 aliphatic rings. The molecule has 0 unspecified atom stereocenters. The van der Waals surface area contributed by atoms with Crippen LogP contribution in [0.2, 0.25) is 0 Å². The van der Waals surface area contributed by atoms with E-state index >= 15 is 0 Å². The van der Waals surface area contributed by atoms with Crippen molar-refractivity contribution in [1.29, 1.82) is 0 Å². The van der Waals surface area contributed by atoms with Gasteiger partial charge in [0.15, 0.2) is 0 Å². The number of thiol groups is 1. The van der Waals surface area contributed by atoms with E-state index in [1.807, 2.05) is 30.3 Å². The fraction of sp³-hybridized carbons (Fsp3) is 0.154. The summed E-state index contributed by atoms with van der Waals surface area (Å²) >= 11 is 4.14. The zero-order valence-electron chi connectivity index (χ0n) is 8.89. The van der Waals surface area contributed by atoms with E-state index in [-0.39, 0.29) is 5.56 Å². The molecular weight excluding hydrogens is 218 g/mol. The minimum atomic E-state index is 0.0287. The molecule has 82 valence electrons. The van der Waals surface area contributed by atoms with Gasteiger partial charge in [-0.15, -0.1) is 0 Å². The molecule has 0 N–H and O–H groups in total. The monoisotopic (exact) mass is 231 g/mol. The number of aromatic nitrogens is 1. The molecule has 2 rings (SSSR count). The van der Waals surface area contributed by atoms with Gasteiger partial charge in [-0.25, -0.2) is 0 Å². The van der Waals surface area contributed by atoms with E-state index in [0.29, 0.717) is 12.3 Å². The summed E-state index contributed by atoms with van der Waals surface area (Å²) in [5.41, 5.74) is 0.960. The first kappa shape index (κ1) is 11.0. The molecule has 3 heteroatoms. The number of benzene rings is 1. The van der Waals surface area contributed by atoms with Gasteiger partial charge < -0.3 is 4.57 Å². The summed E-state index contributed by atoms with van der Waals surface area (Å²) in [4.78, 5) is 12.1. The van der Waals surface area contributed by atoms with Crippen molar-refractivity contribution in [3.8, 4) is 0 Å². The van der Waals surface area contributed by atoms with Gasteiger partial charge in [-0.2, -0.15) is 12.6 Å². The van der Waals surface area contributed by atoms with Crippen molar-refractivity contribution in [3.05, 3.63) is 59.0 Å². The lowest BCUT2D eigenvalue weighted by molar-refractivity contribution is 0.759. The van der Waals surface area contributed by atoms with Gasteiger partial charge in [0.2, 0.25) is 0 Å². The zero-order valence-corrected chi connectivity index (χ0v) is 9.78. The quantitative estimate of drug-likeness (QED) is 0.636. The van der Waals surface area contributed by atoms with Crippen LogP contribution in [0.4, 0.5) is 0 Å². The highest BCUT2D eigenvalue weighted by Crippen LogP contribution is 2.08. The first-order valence-electron chi connectivity index (χ1n) is 5.08. The third-order valence-electron chi connectivity index (χ3n) is 2.50. The molecule has 0 bridgehead atoms. The summed E-state index contributed by atoms with van der Waals surface area (Å²) in [5, 5.41) is 1.72. The Balaban J connectivity index is 2.53. The third-order valence-corrected chi connectivity index (χ3v) is 2.95. The smallest absolute Gasteiger partial charge is 0.258 e. The van der Waals surface area contributed by atoms with Gasteiger partial charge in [0.1, 0.15) is 0 Å². The summed E-state index contributed by atoms with van der Waals surface area (Å²) in [6.45, 7) is 4.39. The van der Waals surface area contributed by atoms with Gasteiger partial charge in [0.05, 0.1) is 0 Å². The normalized spacial score (nSPS) is 10.6. The van der Waals surface area contributed by atoms with Gasteiger partial charge in [-0.1, -0.05) is 24.8 Å². The van der Waals surface area contributed by atoms with Crippen LogP contribution in [0.5, 0.6) is 0 Å². The number of hydrogen-bond acceptors (Lipinski definition) is 2. The van der Waals surface area contributed by atoms with Crippen molar-refractivity contribution in [2.45, 2.75) is 6.54 Å². The standard InChI is InChI=1S/C13H13NOS/c1-10(9-16)8-14-7-6-11-4-2-3-5-12(11)13(14)15/h2-7,16H,1,8-9H2. The molecule has 0 spiro atoms. The Hall–Kier alpha value is -1.48. The number of nitrogens with zero attached hydrogens (tertiary/aromatic N) is 1. The van der Waals surface area contributed by atoms with E-state index in [9.17, 15) is 4.79 Å². The number of hydrogen-bond donors (Lipinski definition) is 1. The Morgan fingerprint density at radius 2 is 2.06 bits per heavy atom. The molecule has 0 aliphatic heterocycles. The topological polar surface area (TPSA) is 22.0 Å². The second-order valence-electron chi connectivity index (χ2n) is 3.74. The summed E-state index contributed by atoms with van der Waals surface area (Å²) < 4.78 is 1.67. The Labute approximate surface area is 99.6 Å². The lowest BCUT2D eigenvalue weighted by Crippen LogP contribution is -2.20. The van der Waals surface area contributed by atoms with Crippen LogP contribution < -0.4 is 5.56 Å². The highest BCUT2D eigenvalue weighted by Gasteiger charge is 2.02. The Morgan fingerprint density at radius 1 is 1.31 bits per heavy atom. The van der Waals surface area contributed by atoms with E-state index in [4.69, 9.17) is 0 Å². The first-order valence-corrected chi connectivity index (χ1v) is 5.71. The Kier molecular flexibility index (Phi) is 3.15. The molecule has 0 radical (unpaired) electrons. The molecule has 16 heavy (non-hydrogen) atoms. The van der Waals surface area contributed by atoms with Crippen molar-refractivity contribution in [3.63, 3.8) is 0 Å². The molecule has 1 heterocycles. The van der Waals surface area contributed by atoms with Gasteiger partial charge in [0, 0.05) is 23.9 Å². The minimum absolute atomic E-state index is 0.0287. The molecular formula is C13H13NOS. The van der Waals surface area contributed by atoms with Crippen LogP contribution in [0.15, 0.2) is 53.5 Å². The van der Waals surface area contributed by atoms with E-state index in [0.717, 1.165) is 16.3 Å². The molecule has 1 aromatic heterocycles. The second-order valence-corrected chi connectivity index (χ2v) is 4.06. The van der Waals surface area contributed by atoms with Crippen LogP contribution in [0.1, 0.15) is 0 Å². The van der Waals surface area contributed by atoms with E-state index in [2.05, 4.69) is 19.2 Å². The van der Waals surface area contributed by atoms with Crippen LogP contribution in [-0.2, 0) is 6.54 Å². The molecule has 0 atom stereocenters.